The fourth-order valence-corrected chi connectivity index (χ4v) is 2.22. The molecule has 96 valence electrons. The van der Waals surface area contributed by atoms with Gasteiger partial charge in [0.25, 0.3) is 0 Å². The minimum absolute atomic E-state index is 0.335. The Morgan fingerprint density at radius 3 is 2.59 bits per heavy atom. The maximum atomic E-state index is 6.09. The summed E-state index contributed by atoms with van der Waals surface area (Å²) < 4.78 is 1.99. The number of anilines is 2. The van der Waals surface area contributed by atoms with Gasteiger partial charge in [-0.25, -0.2) is 4.68 Å². The lowest BCUT2D eigenvalue weighted by molar-refractivity contribution is 0.527. The van der Waals surface area contributed by atoms with E-state index in [9.17, 15) is 0 Å². The number of hydrogen-bond acceptors (Lipinski definition) is 3. The van der Waals surface area contributed by atoms with Gasteiger partial charge < -0.3 is 11.1 Å². The second-order valence-electron chi connectivity index (χ2n) is 5.61. The molecule has 0 amide bonds. The lowest BCUT2D eigenvalue weighted by Gasteiger charge is -2.18. The van der Waals surface area contributed by atoms with Crippen molar-refractivity contribution in [3.05, 3.63) is 5.69 Å². The largest absolute Gasteiger partial charge is 0.394 e. The first-order valence-electron chi connectivity index (χ1n) is 6.60. The molecule has 1 fully saturated rings. The quantitative estimate of drug-likeness (QED) is 0.826. The van der Waals surface area contributed by atoms with E-state index in [0.29, 0.717) is 12.1 Å². The summed E-state index contributed by atoms with van der Waals surface area (Å²) in [6.07, 6.45) is 4.02. The highest BCUT2D eigenvalue weighted by atomic mass is 15.4. The highest BCUT2D eigenvalue weighted by molar-refractivity contribution is 5.65. The molecule has 2 rings (SSSR count). The fourth-order valence-electron chi connectivity index (χ4n) is 2.22. The molecule has 4 heteroatoms. The Morgan fingerprint density at radius 1 is 1.41 bits per heavy atom. The summed E-state index contributed by atoms with van der Waals surface area (Å²) in [5.41, 5.74) is 7.80. The normalized spacial score (nSPS) is 17.5. The minimum atomic E-state index is 0.335. The lowest BCUT2D eigenvalue weighted by atomic mass is 10.1. The molecule has 1 atom stereocenters. The minimum Gasteiger partial charge on any atom is -0.394 e. The van der Waals surface area contributed by atoms with Crippen LogP contribution in [0, 0.1) is 12.8 Å². The standard InChI is InChI=1S/C13H24N4/c1-8(2)17-13(12(14)10(4)16-17)15-9(3)7-11-5-6-11/h8-9,11,15H,5-7,14H2,1-4H3. The third-order valence-electron chi connectivity index (χ3n) is 3.39. The molecular formula is C13H24N4. The van der Waals surface area contributed by atoms with Crippen LogP contribution in [0.15, 0.2) is 0 Å². The van der Waals surface area contributed by atoms with E-state index in [4.69, 9.17) is 5.73 Å². The number of hydrogen-bond donors (Lipinski definition) is 2. The Bertz CT molecular complexity index is 390. The van der Waals surface area contributed by atoms with Gasteiger partial charge in [-0.05, 0) is 40.0 Å². The van der Waals surface area contributed by atoms with E-state index >= 15 is 0 Å². The highest BCUT2D eigenvalue weighted by Crippen LogP contribution is 2.35. The summed E-state index contributed by atoms with van der Waals surface area (Å²) in [6, 6.07) is 0.806. The van der Waals surface area contributed by atoms with Crippen LogP contribution in [0.25, 0.3) is 0 Å². The van der Waals surface area contributed by atoms with Crippen molar-refractivity contribution in [1.29, 1.82) is 0 Å². The van der Waals surface area contributed by atoms with Crippen molar-refractivity contribution in [2.45, 2.75) is 59.0 Å². The van der Waals surface area contributed by atoms with Crippen LogP contribution in [0.1, 0.15) is 51.8 Å². The van der Waals surface area contributed by atoms with Crippen molar-refractivity contribution in [3.63, 3.8) is 0 Å². The summed E-state index contributed by atoms with van der Waals surface area (Å²) in [5.74, 6) is 1.92. The third kappa shape index (κ3) is 2.73. The van der Waals surface area contributed by atoms with Crippen molar-refractivity contribution in [2.75, 3.05) is 11.1 Å². The molecule has 1 heterocycles. The van der Waals surface area contributed by atoms with Crippen LogP contribution in [0.4, 0.5) is 11.5 Å². The molecule has 1 aromatic heterocycles. The van der Waals surface area contributed by atoms with Crippen LogP contribution in [0.3, 0.4) is 0 Å². The summed E-state index contributed by atoms with van der Waals surface area (Å²) in [7, 11) is 0. The average Bonchev–Trinajstić information content (AvgIpc) is 3.00. The number of nitrogens with one attached hydrogen (secondary N) is 1. The van der Waals surface area contributed by atoms with E-state index < -0.39 is 0 Å². The van der Waals surface area contributed by atoms with Gasteiger partial charge in [0, 0.05) is 12.1 Å². The highest BCUT2D eigenvalue weighted by Gasteiger charge is 2.25. The zero-order chi connectivity index (χ0) is 12.6. The predicted molar refractivity (Wildman–Crippen MR) is 72.2 cm³/mol. The Kier molecular flexibility index (Phi) is 3.31. The van der Waals surface area contributed by atoms with E-state index in [1.54, 1.807) is 0 Å². The number of aromatic nitrogens is 2. The molecule has 0 aliphatic heterocycles. The first kappa shape index (κ1) is 12.3. The van der Waals surface area contributed by atoms with Crippen LogP contribution in [0.2, 0.25) is 0 Å². The van der Waals surface area contributed by atoms with Crippen LogP contribution < -0.4 is 11.1 Å². The van der Waals surface area contributed by atoms with Crippen LogP contribution in [-0.4, -0.2) is 15.8 Å². The second kappa shape index (κ2) is 4.59. The Morgan fingerprint density at radius 2 is 2.06 bits per heavy atom. The summed E-state index contributed by atoms with van der Waals surface area (Å²) >= 11 is 0. The van der Waals surface area contributed by atoms with Gasteiger partial charge in [0.15, 0.2) is 0 Å². The molecule has 0 aromatic carbocycles. The first-order valence-corrected chi connectivity index (χ1v) is 6.60. The summed E-state index contributed by atoms with van der Waals surface area (Å²) in [6.45, 7) is 8.45. The van der Waals surface area contributed by atoms with Gasteiger partial charge in [-0.15, -0.1) is 0 Å². The molecule has 3 N–H and O–H groups in total. The zero-order valence-electron chi connectivity index (χ0n) is 11.3. The smallest absolute Gasteiger partial charge is 0.148 e. The number of rotatable bonds is 5. The Balaban J connectivity index is 2.11. The summed E-state index contributed by atoms with van der Waals surface area (Å²) in [5, 5.41) is 8.01. The number of nitrogen functional groups attached to an aromatic ring is 1. The SMILES string of the molecule is Cc1nn(C(C)C)c(NC(C)CC2CC2)c1N. The molecule has 1 saturated carbocycles. The van der Waals surface area contributed by atoms with Crippen LogP contribution in [-0.2, 0) is 0 Å². The molecule has 1 unspecified atom stereocenters. The zero-order valence-corrected chi connectivity index (χ0v) is 11.3. The molecular weight excluding hydrogens is 212 g/mol. The van der Waals surface area contributed by atoms with E-state index in [0.717, 1.165) is 23.1 Å². The maximum Gasteiger partial charge on any atom is 0.148 e. The van der Waals surface area contributed by atoms with Crippen molar-refractivity contribution in [2.24, 2.45) is 5.92 Å². The fraction of sp³-hybridized carbons (Fsp3) is 0.769. The molecule has 4 nitrogen and oxygen atoms in total. The monoisotopic (exact) mass is 236 g/mol. The topological polar surface area (TPSA) is 55.9 Å². The molecule has 0 bridgehead atoms. The van der Waals surface area contributed by atoms with Crippen molar-refractivity contribution in [1.82, 2.24) is 9.78 Å². The molecule has 0 radical (unpaired) electrons. The van der Waals surface area contributed by atoms with Crippen molar-refractivity contribution in [3.8, 4) is 0 Å². The van der Waals surface area contributed by atoms with Gasteiger partial charge in [0.05, 0.1) is 11.4 Å². The van der Waals surface area contributed by atoms with Gasteiger partial charge >= 0.3 is 0 Å². The van der Waals surface area contributed by atoms with Gasteiger partial charge in [0.2, 0.25) is 0 Å². The van der Waals surface area contributed by atoms with E-state index in [-0.39, 0.29) is 0 Å². The van der Waals surface area contributed by atoms with E-state index in [1.165, 1.54) is 19.3 Å². The number of nitrogens with zero attached hydrogens (tertiary/aromatic N) is 2. The molecule has 1 aliphatic rings. The van der Waals surface area contributed by atoms with Gasteiger partial charge in [0.1, 0.15) is 5.82 Å². The molecule has 0 spiro atoms. The van der Waals surface area contributed by atoms with E-state index in [2.05, 4.69) is 31.2 Å². The van der Waals surface area contributed by atoms with Gasteiger partial charge in [-0.1, -0.05) is 12.8 Å². The molecule has 0 saturated heterocycles. The lowest BCUT2D eigenvalue weighted by Crippen LogP contribution is -2.20. The van der Waals surface area contributed by atoms with E-state index in [1.807, 2.05) is 11.6 Å². The van der Waals surface area contributed by atoms with Crippen LogP contribution >= 0.6 is 0 Å². The molecule has 1 aliphatic carbocycles. The summed E-state index contributed by atoms with van der Waals surface area (Å²) in [4.78, 5) is 0. The predicted octanol–water partition coefficient (Wildman–Crippen LogP) is 2.96. The first-order chi connectivity index (χ1) is 7.99. The maximum absolute atomic E-state index is 6.09. The second-order valence-corrected chi connectivity index (χ2v) is 5.61. The Hall–Kier alpha value is -1.19. The molecule has 1 aromatic rings. The van der Waals surface area contributed by atoms with Crippen LogP contribution in [0.5, 0.6) is 0 Å². The van der Waals surface area contributed by atoms with Gasteiger partial charge in [-0.3, -0.25) is 0 Å². The third-order valence-corrected chi connectivity index (χ3v) is 3.39. The van der Waals surface area contributed by atoms with Gasteiger partial charge in [-0.2, -0.15) is 5.10 Å². The number of aryl methyl sites for hydroxylation is 1. The number of nitrogens with two attached hydrogens (primary N) is 1. The van der Waals surface area contributed by atoms with Crippen molar-refractivity contribution < 1.29 is 0 Å². The van der Waals surface area contributed by atoms with Crippen molar-refractivity contribution >= 4 is 11.5 Å². The Labute approximate surface area is 104 Å². The average molecular weight is 236 g/mol. The molecule has 17 heavy (non-hydrogen) atoms.